The summed E-state index contributed by atoms with van der Waals surface area (Å²) < 4.78 is 0. The van der Waals surface area contributed by atoms with Gasteiger partial charge < -0.3 is 10.6 Å². The maximum atomic E-state index is 6.15. The minimum atomic E-state index is 0.0864. The number of nitrogens with zero attached hydrogens (tertiary/aromatic N) is 1. The van der Waals surface area contributed by atoms with Gasteiger partial charge in [-0.15, -0.1) is 6.42 Å². The third-order valence-corrected chi connectivity index (χ3v) is 2.89. The summed E-state index contributed by atoms with van der Waals surface area (Å²) in [4.78, 5) is 2.23. The molecule has 1 aromatic rings. The van der Waals surface area contributed by atoms with Crippen LogP contribution in [0.1, 0.15) is 38.3 Å². The lowest BCUT2D eigenvalue weighted by atomic mass is 10.0. The number of hydrogen-bond acceptors (Lipinski definition) is 2. The van der Waals surface area contributed by atoms with E-state index in [1.807, 2.05) is 12.1 Å². The first kappa shape index (κ1) is 13.6. The number of nitrogens with two attached hydrogens (primary N) is 1. The highest BCUT2D eigenvalue weighted by Gasteiger charge is 2.13. The van der Waals surface area contributed by atoms with Gasteiger partial charge in [-0.25, -0.2) is 0 Å². The van der Waals surface area contributed by atoms with Crippen molar-refractivity contribution in [2.45, 2.75) is 32.7 Å². The second-order valence-corrected chi connectivity index (χ2v) is 4.20. The molecule has 17 heavy (non-hydrogen) atoms. The highest BCUT2D eigenvalue weighted by Crippen LogP contribution is 2.26. The molecule has 0 aromatic heterocycles. The van der Waals surface area contributed by atoms with Crippen LogP contribution in [0, 0.1) is 12.3 Å². The van der Waals surface area contributed by atoms with E-state index in [1.54, 1.807) is 0 Å². The van der Waals surface area contributed by atoms with Gasteiger partial charge in [-0.2, -0.15) is 0 Å². The monoisotopic (exact) mass is 230 g/mol. The molecule has 1 atom stereocenters. The lowest BCUT2D eigenvalue weighted by Gasteiger charge is -2.26. The summed E-state index contributed by atoms with van der Waals surface area (Å²) in [7, 11) is 0. The molecule has 0 spiro atoms. The molecule has 0 aliphatic carbocycles. The van der Waals surface area contributed by atoms with Gasteiger partial charge in [0.05, 0.1) is 6.54 Å². The largest absolute Gasteiger partial charge is 0.360 e. The summed E-state index contributed by atoms with van der Waals surface area (Å²) in [6.07, 6.45) is 7.45. The van der Waals surface area contributed by atoms with Crippen molar-refractivity contribution in [3.63, 3.8) is 0 Å². The fourth-order valence-corrected chi connectivity index (χ4v) is 1.97. The van der Waals surface area contributed by atoms with Crippen LogP contribution in [0.4, 0.5) is 5.69 Å². The summed E-state index contributed by atoms with van der Waals surface area (Å²) in [5.41, 5.74) is 8.52. The van der Waals surface area contributed by atoms with Crippen LogP contribution in [0.3, 0.4) is 0 Å². The van der Waals surface area contributed by atoms with Crippen LogP contribution < -0.4 is 10.6 Å². The predicted octanol–water partition coefficient (Wildman–Crippen LogP) is 2.95. The first-order valence-corrected chi connectivity index (χ1v) is 6.27. The van der Waals surface area contributed by atoms with Crippen LogP contribution >= 0.6 is 0 Å². The van der Waals surface area contributed by atoms with Crippen molar-refractivity contribution in [2.75, 3.05) is 18.0 Å². The Labute approximate surface area is 105 Å². The fourth-order valence-electron chi connectivity index (χ4n) is 1.97. The van der Waals surface area contributed by atoms with E-state index in [1.165, 1.54) is 11.3 Å². The predicted molar refractivity (Wildman–Crippen MR) is 75.0 cm³/mol. The smallest absolute Gasteiger partial charge is 0.0791 e. The van der Waals surface area contributed by atoms with Crippen LogP contribution in [-0.4, -0.2) is 13.1 Å². The van der Waals surface area contributed by atoms with Gasteiger partial charge in [0.1, 0.15) is 0 Å². The normalized spacial score (nSPS) is 11.9. The lowest BCUT2D eigenvalue weighted by Crippen LogP contribution is -2.26. The second kappa shape index (κ2) is 6.98. The number of terminal acetylenes is 1. The van der Waals surface area contributed by atoms with Gasteiger partial charge in [0.25, 0.3) is 0 Å². The molecule has 0 aliphatic heterocycles. The minimum absolute atomic E-state index is 0.0864. The van der Waals surface area contributed by atoms with E-state index in [4.69, 9.17) is 12.2 Å². The lowest BCUT2D eigenvalue weighted by molar-refractivity contribution is 0.691. The van der Waals surface area contributed by atoms with Crippen molar-refractivity contribution in [2.24, 2.45) is 5.73 Å². The molecule has 2 heteroatoms. The number of anilines is 1. The maximum Gasteiger partial charge on any atom is 0.0791 e. The zero-order valence-electron chi connectivity index (χ0n) is 10.8. The van der Waals surface area contributed by atoms with E-state index < -0.39 is 0 Å². The van der Waals surface area contributed by atoms with Crippen LogP contribution in [0.15, 0.2) is 24.3 Å². The molecule has 1 aromatic carbocycles. The van der Waals surface area contributed by atoms with E-state index in [9.17, 15) is 0 Å². The molecule has 1 rings (SSSR count). The van der Waals surface area contributed by atoms with Crippen molar-refractivity contribution < 1.29 is 0 Å². The molecule has 0 saturated heterocycles. The molecule has 0 radical (unpaired) electrons. The van der Waals surface area contributed by atoms with E-state index >= 15 is 0 Å². The minimum Gasteiger partial charge on any atom is -0.360 e. The molecule has 92 valence electrons. The number of benzene rings is 1. The summed E-state index contributed by atoms with van der Waals surface area (Å²) in [5.74, 6) is 2.72. The molecule has 2 nitrogen and oxygen atoms in total. The van der Waals surface area contributed by atoms with Crippen molar-refractivity contribution >= 4 is 5.69 Å². The van der Waals surface area contributed by atoms with Crippen molar-refractivity contribution in [1.29, 1.82) is 0 Å². The SMILES string of the molecule is C#CCN(CCC)c1ccccc1C(N)CC. The fraction of sp³-hybridized carbons (Fsp3) is 0.467. The standard InChI is InChI=1S/C15H22N2/c1-4-11-17(12-5-2)15-10-8-7-9-13(15)14(16)6-3/h1,7-10,14H,5-6,11-12,16H2,2-3H3. The second-order valence-electron chi connectivity index (χ2n) is 4.20. The van der Waals surface area contributed by atoms with Crippen molar-refractivity contribution in [3.05, 3.63) is 29.8 Å². The van der Waals surface area contributed by atoms with E-state index in [0.29, 0.717) is 6.54 Å². The van der Waals surface area contributed by atoms with Gasteiger partial charge in [-0.05, 0) is 24.5 Å². The average molecular weight is 230 g/mol. The van der Waals surface area contributed by atoms with E-state index in [0.717, 1.165) is 19.4 Å². The van der Waals surface area contributed by atoms with Gasteiger partial charge in [-0.3, -0.25) is 0 Å². The molecular formula is C15H22N2. The Morgan fingerprint density at radius 3 is 2.65 bits per heavy atom. The molecule has 1 unspecified atom stereocenters. The first-order valence-electron chi connectivity index (χ1n) is 6.27. The zero-order chi connectivity index (χ0) is 12.7. The van der Waals surface area contributed by atoms with Crippen molar-refractivity contribution in [3.8, 4) is 12.3 Å². The van der Waals surface area contributed by atoms with Gasteiger partial charge >= 0.3 is 0 Å². The molecule has 0 heterocycles. The van der Waals surface area contributed by atoms with Crippen LogP contribution in [0.25, 0.3) is 0 Å². The summed E-state index contributed by atoms with van der Waals surface area (Å²) in [6.45, 7) is 5.87. The summed E-state index contributed by atoms with van der Waals surface area (Å²) >= 11 is 0. The molecular weight excluding hydrogens is 208 g/mol. The first-order chi connectivity index (χ1) is 8.24. The number of para-hydroxylation sites is 1. The Morgan fingerprint density at radius 2 is 2.06 bits per heavy atom. The van der Waals surface area contributed by atoms with Crippen LogP contribution in [0.2, 0.25) is 0 Å². The number of rotatable bonds is 6. The Balaban J connectivity index is 3.05. The van der Waals surface area contributed by atoms with Crippen molar-refractivity contribution in [1.82, 2.24) is 0 Å². The Bertz CT molecular complexity index is 379. The zero-order valence-corrected chi connectivity index (χ0v) is 10.8. The van der Waals surface area contributed by atoms with E-state index in [-0.39, 0.29) is 6.04 Å². The van der Waals surface area contributed by atoms with Gasteiger partial charge in [-0.1, -0.05) is 38.0 Å². The molecule has 0 aliphatic rings. The topological polar surface area (TPSA) is 29.3 Å². The van der Waals surface area contributed by atoms with Crippen LogP contribution in [-0.2, 0) is 0 Å². The quantitative estimate of drug-likeness (QED) is 0.761. The number of hydrogen-bond donors (Lipinski definition) is 1. The molecule has 0 fully saturated rings. The molecule has 2 N–H and O–H groups in total. The third-order valence-electron chi connectivity index (χ3n) is 2.89. The highest BCUT2D eigenvalue weighted by atomic mass is 15.1. The van der Waals surface area contributed by atoms with Gasteiger partial charge in [0.15, 0.2) is 0 Å². The molecule has 0 saturated carbocycles. The summed E-state index contributed by atoms with van der Waals surface area (Å²) in [5, 5.41) is 0. The Morgan fingerprint density at radius 1 is 1.35 bits per heavy atom. The Kier molecular flexibility index (Phi) is 5.59. The maximum absolute atomic E-state index is 6.15. The molecule has 0 amide bonds. The Hall–Kier alpha value is -1.46. The van der Waals surface area contributed by atoms with E-state index in [2.05, 4.69) is 36.8 Å². The van der Waals surface area contributed by atoms with Gasteiger partial charge in [0, 0.05) is 18.3 Å². The highest BCUT2D eigenvalue weighted by molar-refractivity contribution is 5.55. The van der Waals surface area contributed by atoms with Crippen LogP contribution in [0.5, 0.6) is 0 Å². The third kappa shape index (κ3) is 3.51. The molecule has 0 bridgehead atoms. The summed E-state index contributed by atoms with van der Waals surface area (Å²) in [6, 6.07) is 8.37. The average Bonchev–Trinajstić information content (AvgIpc) is 2.37. The van der Waals surface area contributed by atoms with Gasteiger partial charge in [0.2, 0.25) is 0 Å².